The number of piperazine rings is 1. The number of rotatable bonds is 9. The molecule has 2 amide bonds. The monoisotopic (exact) mass is 597 g/mol. The van der Waals surface area contributed by atoms with Crippen molar-refractivity contribution in [3.8, 4) is 28.1 Å². The number of amides is 2. The first kappa shape index (κ1) is 29.6. The highest BCUT2D eigenvalue weighted by Crippen LogP contribution is 2.25. The average Bonchev–Trinajstić information content (AvgIpc) is 3.12. The highest BCUT2D eigenvalue weighted by atomic mass is 16.5. The van der Waals surface area contributed by atoms with E-state index in [1.807, 2.05) is 65.6 Å². The van der Waals surface area contributed by atoms with Crippen molar-refractivity contribution in [2.75, 3.05) is 44.7 Å². The molecule has 1 aliphatic heterocycles. The molecule has 45 heavy (non-hydrogen) atoms. The molecule has 0 N–H and O–H groups in total. The standard InChI is InChI=1S/C37H35N5O3/c1-45-33-14-8-13-32(25-33)37(44)42(26-28-9-4-2-5-10-28)27-36(43)41-23-21-40(22-24-41)35-20-19-34(38-39-35)31-17-15-30(16-18-31)29-11-6-3-7-12-29/h2-20,25H,21-24,26-27H2,1H3. The average molecular weight is 598 g/mol. The van der Waals surface area contributed by atoms with Crippen molar-refractivity contribution in [2.45, 2.75) is 6.54 Å². The fraction of sp³-hybridized carbons (Fsp3) is 0.189. The second-order valence-corrected chi connectivity index (χ2v) is 11.0. The molecule has 1 fully saturated rings. The molecule has 0 saturated carbocycles. The molecular weight excluding hydrogens is 562 g/mol. The zero-order valence-corrected chi connectivity index (χ0v) is 25.3. The second kappa shape index (κ2) is 13.9. The maximum absolute atomic E-state index is 13.6. The Morgan fingerprint density at radius 1 is 0.711 bits per heavy atom. The zero-order valence-electron chi connectivity index (χ0n) is 25.3. The third-order valence-electron chi connectivity index (χ3n) is 8.04. The Kier molecular flexibility index (Phi) is 9.11. The van der Waals surface area contributed by atoms with Crippen molar-refractivity contribution in [2.24, 2.45) is 0 Å². The predicted octanol–water partition coefficient (Wildman–Crippen LogP) is 5.81. The van der Waals surface area contributed by atoms with Gasteiger partial charge in [0.2, 0.25) is 5.91 Å². The minimum absolute atomic E-state index is 0.0114. The first-order valence-electron chi connectivity index (χ1n) is 15.1. The van der Waals surface area contributed by atoms with Crippen LogP contribution in [0.15, 0.2) is 121 Å². The van der Waals surface area contributed by atoms with Gasteiger partial charge >= 0.3 is 0 Å². The van der Waals surface area contributed by atoms with Crippen LogP contribution in [0.5, 0.6) is 5.75 Å². The number of carbonyl (C=O) groups excluding carboxylic acids is 2. The number of hydrogen-bond acceptors (Lipinski definition) is 6. The van der Waals surface area contributed by atoms with Crippen LogP contribution < -0.4 is 9.64 Å². The molecule has 0 spiro atoms. The zero-order chi connectivity index (χ0) is 31.0. The van der Waals surface area contributed by atoms with Crippen molar-refractivity contribution in [3.05, 3.63) is 132 Å². The van der Waals surface area contributed by atoms with Crippen LogP contribution in [-0.2, 0) is 11.3 Å². The van der Waals surface area contributed by atoms with Gasteiger partial charge in [0.25, 0.3) is 5.91 Å². The minimum atomic E-state index is -0.213. The maximum atomic E-state index is 13.6. The van der Waals surface area contributed by atoms with E-state index in [9.17, 15) is 9.59 Å². The Balaban J connectivity index is 1.07. The molecule has 5 aromatic rings. The normalized spacial score (nSPS) is 12.9. The van der Waals surface area contributed by atoms with Gasteiger partial charge in [0.1, 0.15) is 12.3 Å². The highest BCUT2D eigenvalue weighted by Gasteiger charge is 2.26. The van der Waals surface area contributed by atoms with E-state index < -0.39 is 0 Å². The topological polar surface area (TPSA) is 78.9 Å². The second-order valence-electron chi connectivity index (χ2n) is 11.0. The lowest BCUT2D eigenvalue weighted by Crippen LogP contribution is -2.52. The Morgan fingerprint density at radius 2 is 1.38 bits per heavy atom. The van der Waals surface area contributed by atoms with E-state index in [2.05, 4.69) is 51.5 Å². The van der Waals surface area contributed by atoms with E-state index in [0.717, 1.165) is 28.2 Å². The third kappa shape index (κ3) is 7.18. The molecule has 226 valence electrons. The molecule has 4 aromatic carbocycles. The van der Waals surface area contributed by atoms with Gasteiger partial charge in [-0.1, -0.05) is 91.0 Å². The van der Waals surface area contributed by atoms with Crippen molar-refractivity contribution in [1.82, 2.24) is 20.0 Å². The van der Waals surface area contributed by atoms with E-state index in [1.54, 1.807) is 36.3 Å². The summed E-state index contributed by atoms with van der Waals surface area (Å²) in [6, 6.07) is 39.3. The SMILES string of the molecule is COc1cccc(C(=O)N(CC(=O)N2CCN(c3ccc(-c4ccc(-c5ccccc5)cc4)nn3)CC2)Cc2ccccc2)c1. The Morgan fingerprint density at radius 3 is 2.04 bits per heavy atom. The van der Waals surface area contributed by atoms with Crippen LogP contribution in [0.25, 0.3) is 22.4 Å². The molecule has 1 saturated heterocycles. The molecule has 0 aliphatic carbocycles. The van der Waals surface area contributed by atoms with Gasteiger partial charge in [-0.05, 0) is 47.0 Å². The molecule has 1 aliphatic rings. The third-order valence-corrected chi connectivity index (χ3v) is 8.04. The first-order chi connectivity index (χ1) is 22.1. The molecule has 8 nitrogen and oxygen atoms in total. The highest BCUT2D eigenvalue weighted by molar-refractivity contribution is 5.97. The molecule has 0 bridgehead atoms. The summed E-state index contributed by atoms with van der Waals surface area (Å²) >= 11 is 0. The minimum Gasteiger partial charge on any atom is -0.497 e. The fourth-order valence-electron chi connectivity index (χ4n) is 5.50. The van der Waals surface area contributed by atoms with Gasteiger partial charge in [-0.25, -0.2) is 0 Å². The van der Waals surface area contributed by atoms with Gasteiger partial charge in [0.05, 0.1) is 12.8 Å². The van der Waals surface area contributed by atoms with E-state index in [4.69, 9.17) is 4.74 Å². The summed E-state index contributed by atoms with van der Waals surface area (Å²) in [6.07, 6.45) is 0. The van der Waals surface area contributed by atoms with Crippen LogP contribution in [0, 0.1) is 0 Å². The summed E-state index contributed by atoms with van der Waals surface area (Å²) in [7, 11) is 1.57. The quantitative estimate of drug-likeness (QED) is 0.213. The van der Waals surface area contributed by atoms with E-state index in [1.165, 1.54) is 5.56 Å². The number of anilines is 1. The van der Waals surface area contributed by atoms with E-state index in [0.29, 0.717) is 44.0 Å². The van der Waals surface area contributed by atoms with Crippen LogP contribution in [-0.4, -0.2) is 71.6 Å². The Hall–Kier alpha value is -5.50. The number of carbonyl (C=O) groups is 2. The van der Waals surface area contributed by atoms with Crippen LogP contribution in [0.3, 0.4) is 0 Å². The number of hydrogen-bond donors (Lipinski definition) is 0. The molecule has 2 heterocycles. The summed E-state index contributed by atoms with van der Waals surface area (Å²) in [4.78, 5) is 32.6. The lowest BCUT2D eigenvalue weighted by molar-refractivity contribution is -0.132. The van der Waals surface area contributed by atoms with Gasteiger partial charge in [0, 0.05) is 43.9 Å². The number of methoxy groups -OCH3 is 1. The van der Waals surface area contributed by atoms with Gasteiger partial charge in [-0.15, -0.1) is 10.2 Å². The molecule has 0 radical (unpaired) electrons. The number of nitrogens with zero attached hydrogens (tertiary/aromatic N) is 5. The fourth-order valence-corrected chi connectivity index (χ4v) is 5.50. The first-order valence-corrected chi connectivity index (χ1v) is 15.1. The lowest BCUT2D eigenvalue weighted by Gasteiger charge is -2.36. The van der Waals surface area contributed by atoms with Crippen LogP contribution in [0.4, 0.5) is 5.82 Å². The number of ether oxygens (including phenoxy) is 1. The van der Waals surface area contributed by atoms with Crippen LogP contribution >= 0.6 is 0 Å². The van der Waals surface area contributed by atoms with Crippen molar-refractivity contribution in [3.63, 3.8) is 0 Å². The lowest BCUT2D eigenvalue weighted by atomic mass is 10.0. The van der Waals surface area contributed by atoms with Crippen molar-refractivity contribution >= 4 is 17.6 Å². The molecule has 1 aromatic heterocycles. The predicted molar refractivity (Wildman–Crippen MR) is 176 cm³/mol. The number of benzene rings is 4. The molecule has 8 heteroatoms. The van der Waals surface area contributed by atoms with Crippen molar-refractivity contribution in [1.29, 1.82) is 0 Å². The molecule has 6 rings (SSSR count). The van der Waals surface area contributed by atoms with Gasteiger partial charge in [0.15, 0.2) is 5.82 Å². The Bertz CT molecular complexity index is 1720. The summed E-state index contributed by atoms with van der Waals surface area (Å²) in [5.41, 5.74) is 5.59. The molecule has 0 atom stereocenters. The molecular formula is C37H35N5O3. The summed E-state index contributed by atoms with van der Waals surface area (Å²) in [5, 5.41) is 9.00. The van der Waals surface area contributed by atoms with Crippen LogP contribution in [0.1, 0.15) is 15.9 Å². The maximum Gasteiger partial charge on any atom is 0.254 e. The van der Waals surface area contributed by atoms with Gasteiger partial charge in [-0.3, -0.25) is 9.59 Å². The smallest absolute Gasteiger partial charge is 0.254 e. The van der Waals surface area contributed by atoms with Gasteiger partial charge in [-0.2, -0.15) is 0 Å². The van der Waals surface area contributed by atoms with Gasteiger partial charge < -0.3 is 19.4 Å². The largest absolute Gasteiger partial charge is 0.497 e. The Labute approximate surface area is 263 Å². The molecule has 0 unspecified atom stereocenters. The number of aromatic nitrogens is 2. The van der Waals surface area contributed by atoms with E-state index >= 15 is 0 Å². The van der Waals surface area contributed by atoms with Crippen LogP contribution in [0.2, 0.25) is 0 Å². The summed E-state index contributed by atoms with van der Waals surface area (Å²) < 4.78 is 5.31. The summed E-state index contributed by atoms with van der Waals surface area (Å²) in [6.45, 7) is 2.66. The van der Waals surface area contributed by atoms with E-state index in [-0.39, 0.29) is 18.4 Å². The van der Waals surface area contributed by atoms with Crippen molar-refractivity contribution < 1.29 is 14.3 Å². The summed E-state index contributed by atoms with van der Waals surface area (Å²) in [5.74, 6) is 1.09.